The summed E-state index contributed by atoms with van der Waals surface area (Å²) in [6.07, 6.45) is 0.668. The molecule has 0 saturated heterocycles. The van der Waals surface area contributed by atoms with Crippen molar-refractivity contribution >= 4 is 5.91 Å². The van der Waals surface area contributed by atoms with Crippen molar-refractivity contribution in [3.63, 3.8) is 0 Å². The highest BCUT2D eigenvalue weighted by Crippen LogP contribution is 2.21. The van der Waals surface area contributed by atoms with Crippen LogP contribution < -0.4 is 0 Å². The second kappa shape index (κ2) is 9.16. The van der Waals surface area contributed by atoms with Gasteiger partial charge in [-0.05, 0) is 29.2 Å². The molecule has 3 aromatic rings. The lowest BCUT2D eigenvalue weighted by molar-refractivity contribution is -0.130. The van der Waals surface area contributed by atoms with Crippen molar-refractivity contribution in [2.24, 2.45) is 0 Å². The molecule has 1 heterocycles. The van der Waals surface area contributed by atoms with Gasteiger partial charge in [0.05, 0.1) is 11.6 Å². The zero-order valence-electron chi connectivity index (χ0n) is 16.9. The van der Waals surface area contributed by atoms with Gasteiger partial charge < -0.3 is 9.42 Å². The first-order valence-corrected chi connectivity index (χ1v) is 9.62. The summed E-state index contributed by atoms with van der Waals surface area (Å²) in [7, 11) is 1.75. The van der Waals surface area contributed by atoms with E-state index in [4.69, 9.17) is 9.78 Å². The van der Waals surface area contributed by atoms with E-state index in [1.54, 1.807) is 24.1 Å². The molecule has 6 nitrogen and oxygen atoms in total. The maximum Gasteiger partial charge on any atom is 0.227 e. The lowest BCUT2D eigenvalue weighted by atomic mass is 10.0. The highest BCUT2D eigenvalue weighted by atomic mass is 16.5. The molecule has 0 atom stereocenters. The second-order valence-electron chi connectivity index (χ2n) is 7.35. The van der Waals surface area contributed by atoms with Gasteiger partial charge in [0, 0.05) is 32.0 Å². The number of nitriles is 1. The molecule has 2 aromatic carbocycles. The van der Waals surface area contributed by atoms with Crippen LogP contribution in [0.2, 0.25) is 0 Å². The maximum absolute atomic E-state index is 12.4. The topological polar surface area (TPSA) is 83.0 Å². The van der Waals surface area contributed by atoms with Crippen LogP contribution in [0.4, 0.5) is 0 Å². The van der Waals surface area contributed by atoms with Gasteiger partial charge in [0.1, 0.15) is 0 Å². The third-order valence-corrected chi connectivity index (χ3v) is 4.76. The first kappa shape index (κ1) is 20.3. The van der Waals surface area contributed by atoms with Crippen molar-refractivity contribution in [1.82, 2.24) is 15.0 Å². The first-order chi connectivity index (χ1) is 14.0. The van der Waals surface area contributed by atoms with E-state index >= 15 is 0 Å². The van der Waals surface area contributed by atoms with Gasteiger partial charge in [0.2, 0.25) is 17.6 Å². The molecule has 0 fully saturated rings. The Hall–Kier alpha value is -3.46. The fourth-order valence-corrected chi connectivity index (χ4v) is 3.00. The van der Waals surface area contributed by atoms with Crippen molar-refractivity contribution in [2.45, 2.75) is 39.2 Å². The number of hydrogen-bond acceptors (Lipinski definition) is 5. The number of benzene rings is 2. The highest BCUT2D eigenvalue weighted by molar-refractivity contribution is 5.76. The number of aromatic nitrogens is 2. The van der Waals surface area contributed by atoms with Gasteiger partial charge in [-0.1, -0.05) is 55.4 Å². The molecule has 0 unspecified atom stereocenters. The van der Waals surface area contributed by atoms with Crippen LogP contribution in [0, 0.1) is 11.3 Å². The molecule has 0 bridgehead atoms. The average molecular weight is 388 g/mol. The van der Waals surface area contributed by atoms with Gasteiger partial charge in [-0.2, -0.15) is 10.2 Å². The smallest absolute Gasteiger partial charge is 0.227 e. The summed E-state index contributed by atoms with van der Waals surface area (Å²) in [5, 5.41) is 13.0. The zero-order valence-corrected chi connectivity index (χ0v) is 16.9. The molecule has 0 saturated carbocycles. The fraction of sp³-hybridized carbons (Fsp3) is 0.304. The Balaban J connectivity index is 1.55. The number of aryl methyl sites for hydroxylation is 1. The van der Waals surface area contributed by atoms with Crippen LogP contribution >= 0.6 is 0 Å². The number of rotatable bonds is 7. The van der Waals surface area contributed by atoms with Crippen LogP contribution in [0.25, 0.3) is 11.4 Å². The third-order valence-electron chi connectivity index (χ3n) is 4.76. The summed E-state index contributed by atoms with van der Waals surface area (Å²) in [6, 6.07) is 17.5. The molecule has 6 heteroatoms. The highest BCUT2D eigenvalue weighted by Gasteiger charge is 2.14. The minimum atomic E-state index is -0.0200. The second-order valence-corrected chi connectivity index (χ2v) is 7.35. The molecular weight excluding hydrogens is 364 g/mol. The quantitative estimate of drug-likeness (QED) is 0.602. The third kappa shape index (κ3) is 5.29. The molecular formula is C23H24N4O2. The molecule has 1 amide bonds. The monoisotopic (exact) mass is 388 g/mol. The number of hydrogen-bond donors (Lipinski definition) is 0. The van der Waals surface area contributed by atoms with Crippen LogP contribution in [0.5, 0.6) is 0 Å². The number of amides is 1. The van der Waals surface area contributed by atoms with Crippen molar-refractivity contribution in [1.29, 1.82) is 5.26 Å². The Morgan fingerprint density at radius 2 is 1.97 bits per heavy atom. The van der Waals surface area contributed by atoms with E-state index in [1.165, 1.54) is 5.56 Å². The largest absolute Gasteiger partial charge is 0.341 e. The molecule has 29 heavy (non-hydrogen) atoms. The predicted molar refractivity (Wildman–Crippen MR) is 110 cm³/mol. The number of carbonyl (C=O) groups is 1. The molecule has 0 aliphatic carbocycles. The molecule has 1 aromatic heterocycles. The van der Waals surface area contributed by atoms with Crippen LogP contribution in [0.1, 0.15) is 48.8 Å². The van der Waals surface area contributed by atoms with Crippen LogP contribution in [-0.4, -0.2) is 28.0 Å². The van der Waals surface area contributed by atoms with Gasteiger partial charge in [0.15, 0.2) is 0 Å². The molecule has 0 radical (unpaired) electrons. The molecule has 148 valence electrons. The van der Waals surface area contributed by atoms with Crippen molar-refractivity contribution in [3.8, 4) is 17.5 Å². The molecule has 0 spiro atoms. The van der Waals surface area contributed by atoms with Crippen LogP contribution in [0.3, 0.4) is 0 Å². The van der Waals surface area contributed by atoms with Gasteiger partial charge in [-0.3, -0.25) is 4.79 Å². The Morgan fingerprint density at radius 3 is 2.66 bits per heavy atom. The molecule has 0 N–H and O–H groups in total. The van der Waals surface area contributed by atoms with E-state index in [9.17, 15) is 4.79 Å². The SMILES string of the molecule is CC(C)c1ccc(-c2noc(CCC(=O)N(C)Cc3cccc(C#N)c3)n2)cc1. The average Bonchev–Trinajstić information content (AvgIpc) is 3.21. The predicted octanol–water partition coefficient (Wildman–Crippen LogP) is 4.32. The summed E-state index contributed by atoms with van der Waals surface area (Å²) < 4.78 is 5.31. The Morgan fingerprint density at radius 1 is 1.21 bits per heavy atom. The summed E-state index contributed by atoms with van der Waals surface area (Å²) in [5.41, 5.74) is 3.66. The number of nitrogens with zero attached hydrogens (tertiary/aromatic N) is 4. The summed E-state index contributed by atoms with van der Waals surface area (Å²) in [4.78, 5) is 18.5. The van der Waals surface area contributed by atoms with Gasteiger partial charge in [-0.15, -0.1) is 0 Å². The molecule has 0 aliphatic heterocycles. The van der Waals surface area contributed by atoms with E-state index in [0.29, 0.717) is 36.2 Å². The first-order valence-electron chi connectivity index (χ1n) is 9.62. The van der Waals surface area contributed by atoms with Crippen molar-refractivity contribution < 1.29 is 9.32 Å². The minimum Gasteiger partial charge on any atom is -0.341 e. The van der Waals surface area contributed by atoms with Gasteiger partial charge in [0.25, 0.3) is 0 Å². The summed E-state index contributed by atoms with van der Waals surface area (Å²) in [5.74, 6) is 1.43. The Kier molecular flexibility index (Phi) is 6.40. The molecule has 3 rings (SSSR count). The van der Waals surface area contributed by atoms with E-state index in [2.05, 4.69) is 42.2 Å². The maximum atomic E-state index is 12.4. The number of carbonyl (C=O) groups excluding carboxylic acids is 1. The Bertz CT molecular complexity index is 1020. The van der Waals surface area contributed by atoms with E-state index < -0.39 is 0 Å². The lowest BCUT2D eigenvalue weighted by Gasteiger charge is -2.17. The van der Waals surface area contributed by atoms with Crippen molar-refractivity contribution in [2.75, 3.05) is 7.05 Å². The summed E-state index contributed by atoms with van der Waals surface area (Å²) in [6.45, 7) is 4.75. The standard InChI is InChI=1S/C23H24N4O2/c1-16(2)19-7-9-20(10-8-19)23-25-21(29-26-23)11-12-22(28)27(3)15-18-6-4-5-17(13-18)14-24/h4-10,13,16H,11-12,15H2,1-3H3. The Labute approximate surface area is 170 Å². The zero-order chi connectivity index (χ0) is 20.8. The van der Waals surface area contributed by atoms with Gasteiger partial charge >= 0.3 is 0 Å². The fourth-order valence-electron chi connectivity index (χ4n) is 3.00. The van der Waals surface area contributed by atoms with Crippen LogP contribution in [-0.2, 0) is 17.8 Å². The van der Waals surface area contributed by atoms with E-state index in [-0.39, 0.29) is 12.3 Å². The van der Waals surface area contributed by atoms with Gasteiger partial charge in [-0.25, -0.2) is 0 Å². The lowest BCUT2D eigenvalue weighted by Crippen LogP contribution is -2.26. The normalized spacial score (nSPS) is 10.7. The minimum absolute atomic E-state index is 0.0200. The van der Waals surface area contributed by atoms with Crippen LogP contribution in [0.15, 0.2) is 53.1 Å². The summed E-state index contributed by atoms with van der Waals surface area (Å²) >= 11 is 0. The van der Waals surface area contributed by atoms with E-state index in [0.717, 1.165) is 11.1 Å². The molecule has 0 aliphatic rings. The van der Waals surface area contributed by atoms with E-state index in [1.807, 2.05) is 24.3 Å². The van der Waals surface area contributed by atoms with Crippen molar-refractivity contribution in [3.05, 3.63) is 71.1 Å².